The van der Waals surface area contributed by atoms with Gasteiger partial charge in [-0.1, -0.05) is 48.5 Å². The summed E-state index contributed by atoms with van der Waals surface area (Å²) in [5, 5.41) is 6.26. The summed E-state index contributed by atoms with van der Waals surface area (Å²) in [6.07, 6.45) is 0. The lowest BCUT2D eigenvalue weighted by Crippen LogP contribution is -2.29. The molecule has 0 aromatic heterocycles. The molecule has 3 heteroatoms. The number of rotatable bonds is 1. The Hall–Kier alpha value is -2.13. The summed E-state index contributed by atoms with van der Waals surface area (Å²) in [5.41, 5.74) is 3.00. The fourth-order valence-electron chi connectivity index (χ4n) is 2.22. The van der Waals surface area contributed by atoms with Crippen LogP contribution >= 0.6 is 0 Å². The van der Waals surface area contributed by atoms with Crippen molar-refractivity contribution >= 4 is 11.6 Å². The number of hydrogen-bond donors (Lipinski definition) is 2. The summed E-state index contributed by atoms with van der Waals surface area (Å²) in [4.78, 5) is 12.2. The van der Waals surface area contributed by atoms with Gasteiger partial charge in [0.05, 0.1) is 0 Å². The number of amides is 1. The highest BCUT2D eigenvalue weighted by Gasteiger charge is 2.23. The molecule has 1 aliphatic heterocycles. The highest BCUT2D eigenvalue weighted by Crippen LogP contribution is 2.23. The van der Waals surface area contributed by atoms with Crippen molar-refractivity contribution in [2.45, 2.75) is 12.6 Å². The van der Waals surface area contributed by atoms with E-state index in [4.69, 9.17) is 0 Å². The number of carbonyl (C=O) groups excluding carboxylic acids is 1. The number of para-hydroxylation sites is 1. The molecule has 2 aromatic rings. The van der Waals surface area contributed by atoms with Crippen molar-refractivity contribution in [1.82, 2.24) is 5.32 Å². The summed E-state index contributed by atoms with van der Waals surface area (Å²) in [7, 11) is 0. The molecule has 0 unspecified atom stereocenters. The molecule has 0 bridgehead atoms. The molecule has 0 saturated carbocycles. The zero-order valence-electron chi connectivity index (χ0n) is 9.89. The number of benzene rings is 2. The Kier molecular flexibility index (Phi) is 2.82. The zero-order chi connectivity index (χ0) is 12.4. The van der Waals surface area contributed by atoms with E-state index in [2.05, 4.69) is 10.6 Å². The van der Waals surface area contributed by atoms with Gasteiger partial charge >= 0.3 is 0 Å². The zero-order valence-corrected chi connectivity index (χ0v) is 9.89. The minimum atomic E-state index is -0.293. The van der Waals surface area contributed by atoms with Gasteiger partial charge in [-0.3, -0.25) is 10.1 Å². The van der Waals surface area contributed by atoms with Crippen molar-refractivity contribution < 1.29 is 4.79 Å². The Balaban J connectivity index is 1.92. The van der Waals surface area contributed by atoms with Crippen LogP contribution in [0.5, 0.6) is 0 Å². The van der Waals surface area contributed by atoms with E-state index in [1.165, 1.54) is 0 Å². The van der Waals surface area contributed by atoms with E-state index < -0.39 is 0 Å². The Morgan fingerprint density at radius 3 is 2.50 bits per heavy atom. The standard InChI is InChI=1S/C15H14N2O/c18-15-14(11-6-2-1-3-7-11)16-10-12-8-4-5-9-13(12)17-15/h1-9,14,16H,10H2,(H,17,18)/t14-/m0/s1. The van der Waals surface area contributed by atoms with Gasteiger partial charge in [-0.25, -0.2) is 0 Å². The molecule has 1 atom stereocenters. The lowest BCUT2D eigenvalue weighted by molar-refractivity contribution is -0.118. The third-order valence-corrected chi connectivity index (χ3v) is 3.17. The number of hydrogen-bond acceptors (Lipinski definition) is 2. The molecular weight excluding hydrogens is 224 g/mol. The van der Waals surface area contributed by atoms with Crippen molar-refractivity contribution in [1.29, 1.82) is 0 Å². The summed E-state index contributed by atoms with van der Waals surface area (Å²) < 4.78 is 0. The van der Waals surface area contributed by atoms with Crippen LogP contribution in [0.2, 0.25) is 0 Å². The molecular formula is C15H14N2O. The normalized spacial score (nSPS) is 18.7. The van der Waals surface area contributed by atoms with Gasteiger partial charge in [-0.15, -0.1) is 0 Å². The maximum Gasteiger partial charge on any atom is 0.246 e. The van der Waals surface area contributed by atoms with Crippen molar-refractivity contribution in [3.63, 3.8) is 0 Å². The third kappa shape index (κ3) is 2.00. The van der Waals surface area contributed by atoms with Gasteiger partial charge in [-0.05, 0) is 17.2 Å². The number of anilines is 1. The van der Waals surface area contributed by atoms with Crippen molar-refractivity contribution in [2.24, 2.45) is 0 Å². The van der Waals surface area contributed by atoms with Crippen molar-refractivity contribution in [3.8, 4) is 0 Å². The topological polar surface area (TPSA) is 41.1 Å². The monoisotopic (exact) mass is 238 g/mol. The molecule has 3 nitrogen and oxygen atoms in total. The smallest absolute Gasteiger partial charge is 0.246 e. The minimum Gasteiger partial charge on any atom is -0.324 e. The average Bonchev–Trinajstić information content (AvgIpc) is 2.58. The van der Waals surface area contributed by atoms with Crippen LogP contribution in [0.15, 0.2) is 54.6 Å². The Morgan fingerprint density at radius 2 is 1.67 bits per heavy atom. The Labute approximate surface area is 106 Å². The first kappa shape index (κ1) is 11.0. The van der Waals surface area contributed by atoms with E-state index in [0.29, 0.717) is 6.54 Å². The van der Waals surface area contributed by atoms with Gasteiger partial charge < -0.3 is 5.32 Å². The first-order chi connectivity index (χ1) is 8.84. The molecule has 2 N–H and O–H groups in total. The van der Waals surface area contributed by atoms with Gasteiger partial charge in [0.1, 0.15) is 6.04 Å². The molecule has 0 radical (unpaired) electrons. The molecule has 0 fully saturated rings. The van der Waals surface area contributed by atoms with Gasteiger partial charge in [0.2, 0.25) is 5.91 Å². The van der Waals surface area contributed by atoms with Gasteiger partial charge in [0.25, 0.3) is 0 Å². The number of fused-ring (bicyclic) bond motifs is 1. The SMILES string of the molecule is O=C1Nc2ccccc2CN[C@H]1c1ccccc1. The molecule has 0 saturated heterocycles. The van der Waals surface area contributed by atoms with Crippen LogP contribution in [-0.2, 0) is 11.3 Å². The van der Waals surface area contributed by atoms with Crippen molar-refractivity contribution in [3.05, 3.63) is 65.7 Å². The van der Waals surface area contributed by atoms with E-state index in [1.54, 1.807) is 0 Å². The van der Waals surface area contributed by atoms with Crippen LogP contribution in [0.4, 0.5) is 5.69 Å². The molecule has 1 amide bonds. The summed E-state index contributed by atoms with van der Waals surface area (Å²) in [5.74, 6) is -0.00819. The Morgan fingerprint density at radius 1 is 0.944 bits per heavy atom. The van der Waals surface area contributed by atoms with E-state index in [9.17, 15) is 4.79 Å². The second-order valence-corrected chi connectivity index (χ2v) is 4.37. The lowest BCUT2D eigenvalue weighted by Gasteiger charge is -2.14. The first-order valence-corrected chi connectivity index (χ1v) is 6.02. The van der Waals surface area contributed by atoms with E-state index in [1.807, 2.05) is 54.6 Å². The minimum absolute atomic E-state index is 0.00819. The maximum atomic E-state index is 12.2. The first-order valence-electron chi connectivity index (χ1n) is 6.02. The highest BCUT2D eigenvalue weighted by molar-refractivity contribution is 5.96. The predicted molar refractivity (Wildman–Crippen MR) is 71.1 cm³/mol. The fraction of sp³-hybridized carbons (Fsp3) is 0.133. The second-order valence-electron chi connectivity index (χ2n) is 4.37. The quantitative estimate of drug-likeness (QED) is 0.801. The summed E-state index contributed by atoms with van der Waals surface area (Å²) in [6.45, 7) is 0.689. The molecule has 1 heterocycles. The van der Waals surface area contributed by atoms with Crippen LogP contribution in [-0.4, -0.2) is 5.91 Å². The second kappa shape index (κ2) is 4.63. The predicted octanol–water partition coefficient (Wildman–Crippen LogP) is 2.47. The molecule has 90 valence electrons. The number of carbonyl (C=O) groups is 1. The number of nitrogens with one attached hydrogen (secondary N) is 2. The van der Waals surface area contributed by atoms with E-state index >= 15 is 0 Å². The molecule has 3 rings (SSSR count). The fourth-order valence-corrected chi connectivity index (χ4v) is 2.22. The molecule has 2 aromatic carbocycles. The van der Waals surface area contributed by atoms with Crippen LogP contribution in [0.1, 0.15) is 17.2 Å². The van der Waals surface area contributed by atoms with Crippen LogP contribution in [0.3, 0.4) is 0 Å². The molecule has 18 heavy (non-hydrogen) atoms. The van der Waals surface area contributed by atoms with Gasteiger partial charge in [0.15, 0.2) is 0 Å². The van der Waals surface area contributed by atoms with Crippen LogP contribution in [0, 0.1) is 0 Å². The molecule has 1 aliphatic rings. The lowest BCUT2D eigenvalue weighted by atomic mass is 10.1. The average molecular weight is 238 g/mol. The summed E-state index contributed by atoms with van der Waals surface area (Å²) in [6, 6.07) is 17.4. The van der Waals surface area contributed by atoms with Crippen LogP contribution < -0.4 is 10.6 Å². The third-order valence-electron chi connectivity index (χ3n) is 3.17. The maximum absolute atomic E-state index is 12.2. The van der Waals surface area contributed by atoms with Crippen molar-refractivity contribution in [2.75, 3.05) is 5.32 Å². The molecule has 0 spiro atoms. The van der Waals surface area contributed by atoms with Gasteiger partial charge in [-0.2, -0.15) is 0 Å². The Bertz CT molecular complexity index is 566. The van der Waals surface area contributed by atoms with E-state index in [-0.39, 0.29) is 11.9 Å². The van der Waals surface area contributed by atoms with E-state index in [0.717, 1.165) is 16.8 Å². The summed E-state index contributed by atoms with van der Waals surface area (Å²) >= 11 is 0. The molecule has 0 aliphatic carbocycles. The van der Waals surface area contributed by atoms with Gasteiger partial charge in [0, 0.05) is 12.2 Å². The largest absolute Gasteiger partial charge is 0.324 e. The highest BCUT2D eigenvalue weighted by atomic mass is 16.2. The van der Waals surface area contributed by atoms with Crippen LogP contribution in [0.25, 0.3) is 0 Å².